The molecule has 3 aliphatic heterocycles. The van der Waals surface area contributed by atoms with E-state index in [0.29, 0.717) is 42.0 Å². The van der Waals surface area contributed by atoms with Crippen LogP contribution in [0.1, 0.15) is 58.3 Å². The molecule has 45 heavy (non-hydrogen) atoms. The molecule has 0 spiro atoms. The smallest absolute Gasteiger partial charge is 0.327 e. The van der Waals surface area contributed by atoms with Crippen molar-refractivity contribution in [2.24, 2.45) is 17.8 Å². The Morgan fingerprint density at radius 2 is 1.47 bits per heavy atom. The number of hydrazine groups is 1. The van der Waals surface area contributed by atoms with Crippen LogP contribution in [0.4, 0.5) is 0 Å². The second-order valence-electron chi connectivity index (χ2n) is 11.6. The van der Waals surface area contributed by atoms with Crippen molar-refractivity contribution in [1.29, 1.82) is 0 Å². The summed E-state index contributed by atoms with van der Waals surface area (Å²) in [6.07, 6.45) is 7.58. The van der Waals surface area contributed by atoms with Crippen LogP contribution in [0.15, 0.2) is 23.1 Å². The largest absolute Gasteiger partial charge is 0.486 e. The van der Waals surface area contributed by atoms with Crippen LogP contribution >= 0.6 is 24.8 Å². The SMILES string of the molecule is CC(C(=O)O)N(NS(=O)(=O)c1ccc2c(c1)OCCO2)C(=O)CNC(=O)C(CCC1CCNCC1)CCC1CCNCC1.Cl.Cl. The Morgan fingerprint density at radius 1 is 0.933 bits per heavy atom. The average Bonchev–Trinajstić information content (AvgIpc) is 3.02. The molecule has 16 heteroatoms. The maximum absolute atomic E-state index is 13.4. The van der Waals surface area contributed by atoms with E-state index in [0.717, 1.165) is 64.7 Å². The van der Waals surface area contributed by atoms with Gasteiger partial charge in [0, 0.05) is 12.0 Å². The van der Waals surface area contributed by atoms with Gasteiger partial charge in [0.2, 0.25) is 5.91 Å². The first-order valence-electron chi connectivity index (χ1n) is 15.3. The molecule has 0 aliphatic carbocycles. The third-order valence-corrected chi connectivity index (χ3v) is 9.92. The Labute approximate surface area is 277 Å². The van der Waals surface area contributed by atoms with Gasteiger partial charge in [0.1, 0.15) is 19.3 Å². The van der Waals surface area contributed by atoms with Crippen LogP contribution in [-0.4, -0.2) is 88.3 Å². The van der Waals surface area contributed by atoms with Crippen LogP contribution in [-0.2, 0) is 24.4 Å². The summed E-state index contributed by atoms with van der Waals surface area (Å²) in [7, 11) is -4.38. The van der Waals surface area contributed by atoms with E-state index < -0.39 is 34.5 Å². The minimum atomic E-state index is -4.38. The number of benzene rings is 1. The Balaban J connectivity index is 0.00000353. The molecule has 0 radical (unpaired) electrons. The molecule has 5 N–H and O–H groups in total. The van der Waals surface area contributed by atoms with Crippen LogP contribution in [0.5, 0.6) is 11.5 Å². The highest BCUT2D eigenvalue weighted by Gasteiger charge is 2.32. The van der Waals surface area contributed by atoms with Gasteiger partial charge in [-0.05, 0) is 108 Å². The summed E-state index contributed by atoms with van der Waals surface area (Å²) in [6, 6.07) is 2.43. The normalized spacial score (nSPS) is 17.8. The molecular formula is C29H47Cl2N5O8S. The lowest BCUT2D eigenvalue weighted by Crippen LogP contribution is -2.56. The Kier molecular flexibility index (Phi) is 16.1. The Morgan fingerprint density at radius 3 is 2.00 bits per heavy atom. The maximum Gasteiger partial charge on any atom is 0.327 e. The molecule has 1 atom stereocenters. The summed E-state index contributed by atoms with van der Waals surface area (Å²) in [5, 5.41) is 19.6. The molecule has 3 heterocycles. The number of sulfonamides is 1. The van der Waals surface area contributed by atoms with Crippen molar-refractivity contribution in [3.05, 3.63) is 18.2 Å². The topological polar surface area (TPSA) is 175 Å². The number of nitrogens with zero attached hydrogens (tertiary/aromatic N) is 1. The third kappa shape index (κ3) is 11.4. The summed E-state index contributed by atoms with van der Waals surface area (Å²) in [5.41, 5.74) is 0. The number of amides is 2. The molecule has 0 bridgehead atoms. The second-order valence-corrected chi connectivity index (χ2v) is 13.3. The van der Waals surface area contributed by atoms with Crippen LogP contribution in [0.2, 0.25) is 0 Å². The first-order valence-corrected chi connectivity index (χ1v) is 16.8. The number of carbonyl (C=O) groups excluding carboxylic acids is 2. The lowest BCUT2D eigenvalue weighted by atomic mass is 9.84. The molecule has 4 rings (SSSR count). The second kappa shape index (κ2) is 18.7. The number of rotatable bonds is 14. The summed E-state index contributed by atoms with van der Waals surface area (Å²) >= 11 is 0. The lowest BCUT2D eigenvalue weighted by Gasteiger charge is -2.28. The quantitative estimate of drug-likeness (QED) is 0.181. The molecule has 2 fully saturated rings. The molecule has 0 saturated carbocycles. The zero-order chi connectivity index (χ0) is 30.8. The van der Waals surface area contributed by atoms with Gasteiger partial charge in [-0.15, -0.1) is 29.6 Å². The molecule has 256 valence electrons. The molecular weight excluding hydrogens is 649 g/mol. The molecule has 3 aliphatic rings. The van der Waals surface area contributed by atoms with Gasteiger partial charge in [-0.1, -0.05) is 0 Å². The lowest BCUT2D eigenvalue weighted by molar-refractivity contribution is -0.150. The highest BCUT2D eigenvalue weighted by atomic mass is 35.5. The van der Waals surface area contributed by atoms with E-state index in [1.807, 2.05) is 0 Å². The first kappa shape index (κ1) is 38.8. The maximum atomic E-state index is 13.4. The van der Waals surface area contributed by atoms with E-state index in [2.05, 4.69) is 20.8 Å². The Bertz CT molecular complexity index is 1210. The Hall–Kier alpha value is -2.36. The summed E-state index contributed by atoms with van der Waals surface area (Å²) in [6.45, 7) is 5.14. The van der Waals surface area contributed by atoms with Crippen molar-refractivity contribution in [3.8, 4) is 11.5 Å². The molecule has 2 amide bonds. The van der Waals surface area contributed by atoms with Crippen molar-refractivity contribution in [1.82, 2.24) is 25.8 Å². The number of carbonyl (C=O) groups is 3. The van der Waals surface area contributed by atoms with E-state index in [1.54, 1.807) is 0 Å². The van der Waals surface area contributed by atoms with E-state index in [1.165, 1.54) is 25.1 Å². The first-order chi connectivity index (χ1) is 20.6. The highest BCUT2D eigenvalue weighted by Crippen LogP contribution is 2.32. The van der Waals surface area contributed by atoms with Gasteiger partial charge in [0.25, 0.3) is 15.9 Å². The fraction of sp³-hybridized carbons (Fsp3) is 0.690. The predicted molar refractivity (Wildman–Crippen MR) is 172 cm³/mol. The third-order valence-electron chi connectivity index (χ3n) is 8.60. The number of carboxylic acid groups (broad SMARTS) is 1. The van der Waals surface area contributed by atoms with E-state index in [9.17, 15) is 27.9 Å². The average molecular weight is 697 g/mol. The number of ether oxygens (including phenoxy) is 2. The van der Waals surface area contributed by atoms with E-state index in [-0.39, 0.29) is 53.9 Å². The van der Waals surface area contributed by atoms with Gasteiger partial charge in [-0.3, -0.25) is 9.59 Å². The van der Waals surface area contributed by atoms with Crippen LogP contribution < -0.4 is 30.3 Å². The fourth-order valence-electron chi connectivity index (χ4n) is 5.84. The number of nitrogens with one attached hydrogen (secondary N) is 4. The number of hydrogen-bond donors (Lipinski definition) is 5. The highest BCUT2D eigenvalue weighted by molar-refractivity contribution is 7.89. The van der Waals surface area contributed by atoms with Crippen LogP contribution in [0.3, 0.4) is 0 Å². The molecule has 1 unspecified atom stereocenters. The zero-order valence-corrected chi connectivity index (χ0v) is 28.1. The van der Waals surface area contributed by atoms with Gasteiger partial charge in [0.05, 0.1) is 11.4 Å². The fourth-order valence-corrected chi connectivity index (χ4v) is 6.98. The number of carboxylic acids is 1. The molecule has 1 aromatic carbocycles. The van der Waals surface area contributed by atoms with Crippen LogP contribution in [0.25, 0.3) is 0 Å². The van der Waals surface area contributed by atoms with Gasteiger partial charge >= 0.3 is 5.97 Å². The van der Waals surface area contributed by atoms with Gasteiger partial charge in [-0.2, -0.15) is 0 Å². The molecule has 1 aromatic rings. The predicted octanol–water partition coefficient (Wildman–Crippen LogP) is 2.09. The monoisotopic (exact) mass is 695 g/mol. The number of fused-ring (bicyclic) bond motifs is 1. The number of aliphatic carboxylic acids is 1. The van der Waals surface area contributed by atoms with E-state index >= 15 is 0 Å². The van der Waals surface area contributed by atoms with Gasteiger partial charge < -0.3 is 30.5 Å². The van der Waals surface area contributed by atoms with Gasteiger partial charge in [-0.25, -0.2) is 18.2 Å². The summed E-state index contributed by atoms with van der Waals surface area (Å²) in [5.74, 6) is -1.13. The van der Waals surface area contributed by atoms with Gasteiger partial charge in [0.15, 0.2) is 11.5 Å². The minimum absolute atomic E-state index is 0. The molecule has 0 aromatic heterocycles. The summed E-state index contributed by atoms with van der Waals surface area (Å²) in [4.78, 5) is 40.3. The number of piperidine rings is 2. The zero-order valence-electron chi connectivity index (χ0n) is 25.6. The van der Waals surface area contributed by atoms with Crippen molar-refractivity contribution in [2.75, 3.05) is 45.9 Å². The number of halogens is 2. The van der Waals surface area contributed by atoms with Crippen molar-refractivity contribution >= 4 is 52.6 Å². The van der Waals surface area contributed by atoms with Crippen molar-refractivity contribution in [3.63, 3.8) is 0 Å². The molecule has 13 nitrogen and oxygen atoms in total. The van der Waals surface area contributed by atoms with Crippen LogP contribution in [0, 0.1) is 17.8 Å². The molecule has 2 saturated heterocycles. The standard InChI is InChI=1S/C29H45N5O8S.2ClH/c1-20(29(37)38)34(33-43(39,40)24-6-7-25-26(18-24)42-17-16-41-25)27(35)19-32-28(36)23(4-2-21-8-12-30-13-9-21)5-3-22-10-14-31-15-11-22;;/h6-7,18,20-23,30-31,33H,2-5,8-17,19H2,1H3,(H,32,36)(H,37,38);2*1H. The van der Waals surface area contributed by atoms with Crippen molar-refractivity contribution in [2.45, 2.75) is 69.2 Å². The summed E-state index contributed by atoms with van der Waals surface area (Å²) < 4.78 is 37.3. The minimum Gasteiger partial charge on any atom is -0.486 e. The van der Waals surface area contributed by atoms with Crippen molar-refractivity contribution < 1.29 is 37.4 Å². The number of hydrogen-bond acceptors (Lipinski definition) is 9. The van der Waals surface area contributed by atoms with E-state index in [4.69, 9.17) is 9.47 Å².